The highest BCUT2D eigenvalue weighted by molar-refractivity contribution is 9.10. The zero-order valence-corrected chi connectivity index (χ0v) is 12.3. The Kier molecular flexibility index (Phi) is 3.83. The van der Waals surface area contributed by atoms with E-state index < -0.39 is 0 Å². The molecule has 0 fully saturated rings. The van der Waals surface area contributed by atoms with E-state index in [0.29, 0.717) is 17.1 Å². The number of hydrogen-bond acceptors (Lipinski definition) is 5. The van der Waals surface area contributed by atoms with Crippen molar-refractivity contribution in [1.82, 2.24) is 10.4 Å². The van der Waals surface area contributed by atoms with Gasteiger partial charge in [0.2, 0.25) is 6.79 Å². The van der Waals surface area contributed by atoms with Gasteiger partial charge in [-0.1, -0.05) is 0 Å². The molecule has 1 N–H and O–H groups in total. The molecule has 0 bridgehead atoms. The van der Waals surface area contributed by atoms with Crippen LogP contribution in [0.15, 0.2) is 46.2 Å². The van der Waals surface area contributed by atoms with Crippen molar-refractivity contribution in [3.8, 4) is 11.5 Å². The quantitative estimate of drug-likeness (QED) is 0.683. The van der Waals surface area contributed by atoms with Crippen molar-refractivity contribution in [3.05, 3.63) is 52.3 Å². The number of fused-ring (bicyclic) bond motifs is 1. The molecule has 0 aliphatic carbocycles. The molecule has 0 saturated heterocycles. The number of hydrazone groups is 1. The maximum Gasteiger partial charge on any atom is 0.272 e. The van der Waals surface area contributed by atoms with Crippen molar-refractivity contribution in [2.75, 3.05) is 6.79 Å². The van der Waals surface area contributed by atoms with Crippen LogP contribution in [0.25, 0.3) is 0 Å². The fourth-order valence-corrected chi connectivity index (χ4v) is 2.36. The van der Waals surface area contributed by atoms with E-state index in [1.54, 1.807) is 24.4 Å². The van der Waals surface area contributed by atoms with Crippen LogP contribution in [0.5, 0.6) is 11.5 Å². The highest BCUT2D eigenvalue weighted by Gasteiger charge is 2.17. The Labute approximate surface area is 128 Å². The number of carbonyl (C=O) groups excluding carboxylic acids is 1. The van der Waals surface area contributed by atoms with Crippen LogP contribution in [0.2, 0.25) is 0 Å². The lowest BCUT2D eigenvalue weighted by Crippen LogP contribution is -2.17. The van der Waals surface area contributed by atoms with E-state index in [1.807, 2.05) is 6.07 Å². The third kappa shape index (κ3) is 3.03. The zero-order valence-electron chi connectivity index (χ0n) is 10.7. The van der Waals surface area contributed by atoms with Gasteiger partial charge < -0.3 is 9.47 Å². The second kappa shape index (κ2) is 5.92. The van der Waals surface area contributed by atoms with Gasteiger partial charge in [0, 0.05) is 12.4 Å². The first-order valence-corrected chi connectivity index (χ1v) is 6.86. The van der Waals surface area contributed by atoms with Crippen molar-refractivity contribution in [2.24, 2.45) is 5.10 Å². The summed E-state index contributed by atoms with van der Waals surface area (Å²) >= 11 is 3.39. The molecule has 1 aliphatic rings. The monoisotopic (exact) mass is 347 g/mol. The molecule has 106 valence electrons. The largest absolute Gasteiger partial charge is 0.454 e. The number of pyridine rings is 1. The number of nitrogens with zero attached hydrogens (tertiary/aromatic N) is 2. The molecule has 7 heteroatoms. The van der Waals surface area contributed by atoms with Crippen LogP contribution in [0.1, 0.15) is 15.9 Å². The van der Waals surface area contributed by atoms with Gasteiger partial charge in [0.05, 0.1) is 16.3 Å². The summed E-state index contributed by atoms with van der Waals surface area (Å²) in [5, 5.41) is 3.91. The Morgan fingerprint density at radius 2 is 2.33 bits per heavy atom. The Balaban J connectivity index is 1.70. The minimum Gasteiger partial charge on any atom is -0.454 e. The standard InChI is InChI=1S/C14H10BrN3O3/c15-11-4-9(5-12-13(11)21-8-20-12)6-17-18-14(19)10-2-1-3-16-7-10/h1-7H,8H2,(H,18,19)/b17-6+. The molecule has 1 aromatic carbocycles. The van der Waals surface area contributed by atoms with E-state index in [4.69, 9.17) is 9.47 Å². The summed E-state index contributed by atoms with van der Waals surface area (Å²) < 4.78 is 11.4. The maximum atomic E-state index is 11.8. The maximum absolute atomic E-state index is 11.8. The van der Waals surface area contributed by atoms with Gasteiger partial charge in [0.15, 0.2) is 11.5 Å². The van der Waals surface area contributed by atoms with Gasteiger partial charge in [0.25, 0.3) is 5.91 Å². The molecule has 6 nitrogen and oxygen atoms in total. The van der Waals surface area contributed by atoms with Gasteiger partial charge in [0.1, 0.15) is 0 Å². The average Bonchev–Trinajstić information content (AvgIpc) is 2.97. The normalized spacial score (nSPS) is 12.6. The number of amides is 1. The molecule has 2 heterocycles. The third-order valence-corrected chi connectivity index (χ3v) is 3.34. The summed E-state index contributed by atoms with van der Waals surface area (Å²) in [5.74, 6) is 0.995. The fraction of sp³-hybridized carbons (Fsp3) is 0.0714. The van der Waals surface area contributed by atoms with Crippen molar-refractivity contribution in [1.29, 1.82) is 0 Å². The first-order chi connectivity index (χ1) is 10.2. The Hall–Kier alpha value is -2.41. The van der Waals surface area contributed by atoms with E-state index >= 15 is 0 Å². The lowest BCUT2D eigenvalue weighted by molar-refractivity contribution is 0.0955. The number of halogens is 1. The average molecular weight is 348 g/mol. The van der Waals surface area contributed by atoms with E-state index in [9.17, 15) is 4.79 Å². The molecular formula is C14H10BrN3O3. The SMILES string of the molecule is O=C(N/N=C/c1cc(Br)c2c(c1)OCO2)c1cccnc1. The van der Waals surface area contributed by atoms with Crippen LogP contribution in [-0.4, -0.2) is 23.9 Å². The number of rotatable bonds is 3. The van der Waals surface area contributed by atoms with Crippen molar-refractivity contribution < 1.29 is 14.3 Å². The minimum atomic E-state index is -0.320. The van der Waals surface area contributed by atoms with Crippen LogP contribution >= 0.6 is 15.9 Å². The van der Waals surface area contributed by atoms with Crippen molar-refractivity contribution >= 4 is 28.1 Å². The van der Waals surface area contributed by atoms with Gasteiger partial charge in [-0.3, -0.25) is 9.78 Å². The predicted molar refractivity (Wildman–Crippen MR) is 79.6 cm³/mol. The molecule has 0 radical (unpaired) electrons. The Morgan fingerprint density at radius 1 is 1.43 bits per heavy atom. The first kappa shape index (κ1) is 13.6. The van der Waals surface area contributed by atoms with E-state index in [0.717, 1.165) is 10.0 Å². The van der Waals surface area contributed by atoms with Gasteiger partial charge in [-0.2, -0.15) is 5.10 Å². The highest BCUT2D eigenvalue weighted by atomic mass is 79.9. The van der Waals surface area contributed by atoms with Crippen molar-refractivity contribution in [2.45, 2.75) is 0 Å². The number of ether oxygens (including phenoxy) is 2. The van der Waals surface area contributed by atoms with Crippen LogP contribution in [0, 0.1) is 0 Å². The summed E-state index contributed by atoms with van der Waals surface area (Å²) in [6.45, 7) is 0.201. The fourth-order valence-electron chi connectivity index (χ4n) is 1.79. The lowest BCUT2D eigenvalue weighted by Gasteiger charge is -2.01. The first-order valence-electron chi connectivity index (χ1n) is 6.06. The zero-order chi connectivity index (χ0) is 14.7. The van der Waals surface area contributed by atoms with E-state index in [1.165, 1.54) is 12.4 Å². The number of nitrogens with one attached hydrogen (secondary N) is 1. The Bertz CT molecular complexity index is 704. The Morgan fingerprint density at radius 3 is 3.14 bits per heavy atom. The van der Waals surface area contributed by atoms with E-state index in [2.05, 4.69) is 31.4 Å². The lowest BCUT2D eigenvalue weighted by atomic mass is 10.2. The van der Waals surface area contributed by atoms with Crippen LogP contribution in [0.4, 0.5) is 0 Å². The summed E-state index contributed by atoms with van der Waals surface area (Å²) in [7, 11) is 0. The van der Waals surface area contributed by atoms with Gasteiger partial charge in [-0.25, -0.2) is 5.43 Å². The molecule has 3 rings (SSSR count). The van der Waals surface area contributed by atoms with Gasteiger partial charge in [-0.05, 0) is 45.8 Å². The third-order valence-electron chi connectivity index (χ3n) is 2.75. The second-order valence-electron chi connectivity index (χ2n) is 4.18. The predicted octanol–water partition coefficient (Wildman–Crippen LogP) is 2.34. The molecule has 2 aromatic rings. The molecule has 1 amide bonds. The molecule has 0 saturated carbocycles. The summed E-state index contributed by atoms with van der Waals surface area (Å²) in [4.78, 5) is 15.6. The van der Waals surface area contributed by atoms with Crippen LogP contribution in [0.3, 0.4) is 0 Å². The van der Waals surface area contributed by atoms with Gasteiger partial charge in [-0.15, -0.1) is 0 Å². The molecule has 1 aliphatic heterocycles. The van der Waals surface area contributed by atoms with Crippen LogP contribution in [-0.2, 0) is 0 Å². The number of benzene rings is 1. The number of hydrogen-bond donors (Lipinski definition) is 1. The second-order valence-corrected chi connectivity index (χ2v) is 5.03. The summed E-state index contributed by atoms with van der Waals surface area (Å²) in [5.41, 5.74) is 3.66. The molecule has 0 atom stereocenters. The molecule has 1 aromatic heterocycles. The van der Waals surface area contributed by atoms with Gasteiger partial charge >= 0.3 is 0 Å². The van der Waals surface area contributed by atoms with Crippen LogP contribution < -0.4 is 14.9 Å². The molecule has 0 spiro atoms. The highest BCUT2D eigenvalue weighted by Crippen LogP contribution is 2.39. The van der Waals surface area contributed by atoms with Crippen molar-refractivity contribution in [3.63, 3.8) is 0 Å². The number of aromatic nitrogens is 1. The summed E-state index contributed by atoms with van der Waals surface area (Å²) in [6.07, 6.45) is 4.60. The number of carbonyl (C=O) groups is 1. The molecular weight excluding hydrogens is 338 g/mol. The van der Waals surface area contributed by atoms with E-state index in [-0.39, 0.29) is 12.7 Å². The summed E-state index contributed by atoms with van der Waals surface area (Å²) in [6, 6.07) is 6.96. The topological polar surface area (TPSA) is 72.8 Å². The smallest absolute Gasteiger partial charge is 0.272 e. The molecule has 21 heavy (non-hydrogen) atoms. The molecule has 0 unspecified atom stereocenters. The minimum absolute atomic E-state index is 0.201.